The van der Waals surface area contributed by atoms with E-state index >= 15 is 0 Å². The standard InChI is InChI=1S/C12H18O3S/c1-9(2)4-6-11-8-10(3)5-7-12(11)16(13,14)15/h5,7-9H,4,6H2,1-3H3,(H,13,14,15). The van der Waals surface area contributed by atoms with Gasteiger partial charge in [-0.15, -0.1) is 0 Å². The lowest BCUT2D eigenvalue weighted by molar-refractivity contribution is 0.481. The maximum atomic E-state index is 11.2. The van der Waals surface area contributed by atoms with E-state index in [-0.39, 0.29) is 4.90 Å². The van der Waals surface area contributed by atoms with Crippen molar-refractivity contribution in [1.29, 1.82) is 0 Å². The van der Waals surface area contributed by atoms with Crippen molar-refractivity contribution in [3.05, 3.63) is 29.3 Å². The van der Waals surface area contributed by atoms with E-state index in [2.05, 4.69) is 13.8 Å². The Kier molecular flexibility index (Phi) is 4.10. The molecule has 0 bridgehead atoms. The van der Waals surface area contributed by atoms with Crippen LogP contribution in [0.1, 0.15) is 31.4 Å². The van der Waals surface area contributed by atoms with Gasteiger partial charge in [0.2, 0.25) is 0 Å². The summed E-state index contributed by atoms with van der Waals surface area (Å²) in [6.07, 6.45) is 1.58. The molecule has 0 unspecified atom stereocenters. The van der Waals surface area contributed by atoms with Gasteiger partial charge in [-0.3, -0.25) is 4.55 Å². The minimum absolute atomic E-state index is 0.0405. The number of benzene rings is 1. The van der Waals surface area contributed by atoms with E-state index < -0.39 is 10.1 Å². The fourth-order valence-electron chi connectivity index (χ4n) is 1.60. The van der Waals surface area contributed by atoms with Gasteiger partial charge in [-0.05, 0) is 37.3 Å². The second-order valence-electron chi connectivity index (χ2n) is 4.52. The molecule has 0 aliphatic carbocycles. The number of hydrogen-bond acceptors (Lipinski definition) is 2. The Morgan fingerprint density at radius 2 is 1.94 bits per heavy atom. The van der Waals surface area contributed by atoms with Crippen molar-refractivity contribution in [3.63, 3.8) is 0 Å². The summed E-state index contributed by atoms with van der Waals surface area (Å²) in [5, 5.41) is 0. The van der Waals surface area contributed by atoms with Crippen LogP contribution in [0, 0.1) is 12.8 Å². The predicted molar refractivity (Wildman–Crippen MR) is 64.2 cm³/mol. The van der Waals surface area contributed by atoms with Gasteiger partial charge in [0.15, 0.2) is 0 Å². The number of rotatable bonds is 4. The first kappa shape index (κ1) is 13.2. The van der Waals surface area contributed by atoms with Crippen LogP contribution in [0.5, 0.6) is 0 Å². The molecule has 0 heterocycles. The molecule has 1 N–H and O–H groups in total. The molecule has 0 radical (unpaired) electrons. The number of hydrogen-bond donors (Lipinski definition) is 1. The molecule has 0 saturated carbocycles. The van der Waals surface area contributed by atoms with Crippen molar-refractivity contribution in [2.45, 2.75) is 38.5 Å². The highest BCUT2D eigenvalue weighted by atomic mass is 32.2. The highest BCUT2D eigenvalue weighted by molar-refractivity contribution is 7.85. The first-order valence-electron chi connectivity index (χ1n) is 5.37. The third kappa shape index (κ3) is 3.61. The molecule has 0 fully saturated rings. The fraction of sp³-hybridized carbons (Fsp3) is 0.500. The average molecular weight is 242 g/mol. The molecule has 0 atom stereocenters. The van der Waals surface area contributed by atoms with Gasteiger partial charge in [0.1, 0.15) is 0 Å². The van der Waals surface area contributed by atoms with Gasteiger partial charge in [0.25, 0.3) is 10.1 Å². The Bertz CT molecular complexity index is 461. The molecule has 0 aliphatic heterocycles. The Morgan fingerprint density at radius 3 is 2.44 bits per heavy atom. The molecule has 1 aromatic rings. The van der Waals surface area contributed by atoms with E-state index in [0.717, 1.165) is 12.0 Å². The smallest absolute Gasteiger partial charge is 0.282 e. The van der Waals surface area contributed by atoms with Crippen LogP contribution >= 0.6 is 0 Å². The summed E-state index contributed by atoms with van der Waals surface area (Å²) in [5.74, 6) is 0.509. The van der Waals surface area contributed by atoms with E-state index in [1.165, 1.54) is 6.07 Å². The van der Waals surface area contributed by atoms with E-state index in [9.17, 15) is 8.42 Å². The molecular weight excluding hydrogens is 224 g/mol. The van der Waals surface area contributed by atoms with Crippen molar-refractivity contribution in [2.24, 2.45) is 5.92 Å². The zero-order valence-corrected chi connectivity index (χ0v) is 10.7. The molecule has 3 nitrogen and oxygen atoms in total. The maximum absolute atomic E-state index is 11.2. The Balaban J connectivity index is 3.09. The molecule has 90 valence electrons. The third-order valence-electron chi connectivity index (χ3n) is 2.48. The van der Waals surface area contributed by atoms with Crippen molar-refractivity contribution in [1.82, 2.24) is 0 Å². The molecule has 4 heteroatoms. The lowest BCUT2D eigenvalue weighted by Crippen LogP contribution is -2.04. The third-order valence-corrected chi connectivity index (χ3v) is 3.44. The summed E-state index contributed by atoms with van der Waals surface area (Å²) in [6, 6.07) is 4.99. The molecule has 0 spiro atoms. The summed E-state index contributed by atoms with van der Waals surface area (Å²) >= 11 is 0. The van der Waals surface area contributed by atoms with Gasteiger partial charge in [-0.25, -0.2) is 0 Å². The first-order valence-corrected chi connectivity index (χ1v) is 6.81. The molecule has 0 aliphatic rings. The monoisotopic (exact) mass is 242 g/mol. The summed E-state index contributed by atoms with van der Waals surface area (Å²) in [5.41, 5.74) is 1.71. The normalized spacial score (nSPS) is 12.1. The van der Waals surface area contributed by atoms with Gasteiger partial charge in [-0.2, -0.15) is 8.42 Å². The fourth-order valence-corrected chi connectivity index (χ4v) is 2.33. The molecule has 0 amide bonds. The Hall–Kier alpha value is -0.870. The van der Waals surface area contributed by atoms with Gasteiger partial charge in [0, 0.05) is 0 Å². The minimum Gasteiger partial charge on any atom is -0.282 e. The van der Waals surface area contributed by atoms with E-state index in [4.69, 9.17) is 4.55 Å². The number of aryl methyl sites for hydroxylation is 2. The minimum atomic E-state index is -4.10. The van der Waals surface area contributed by atoms with Crippen LogP contribution in [0.15, 0.2) is 23.1 Å². The highest BCUT2D eigenvalue weighted by Crippen LogP contribution is 2.20. The molecule has 0 saturated heterocycles. The molecule has 0 aromatic heterocycles. The Labute approximate surface area is 97.2 Å². The zero-order chi connectivity index (χ0) is 12.3. The lowest BCUT2D eigenvalue weighted by atomic mass is 10.0. The second-order valence-corrected chi connectivity index (χ2v) is 5.91. The van der Waals surface area contributed by atoms with Gasteiger partial charge < -0.3 is 0 Å². The zero-order valence-electron chi connectivity index (χ0n) is 9.90. The van der Waals surface area contributed by atoms with Crippen LogP contribution in [-0.4, -0.2) is 13.0 Å². The van der Waals surface area contributed by atoms with Crippen LogP contribution in [0.25, 0.3) is 0 Å². The van der Waals surface area contributed by atoms with Crippen LogP contribution in [0.3, 0.4) is 0 Å². The van der Waals surface area contributed by atoms with E-state index in [0.29, 0.717) is 17.9 Å². The van der Waals surface area contributed by atoms with E-state index in [1.54, 1.807) is 6.07 Å². The highest BCUT2D eigenvalue weighted by Gasteiger charge is 2.15. The second kappa shape index (κ2) is 4.97. The van der Waals surface area contributed by atoms with Crippen LogP contribution in [0.2, 0.25) is 0 Å². The quantitative estimate of drug-likeness (QED) is 0.826. The summed E-state index contributed by atoms with van der Waals surface area (Å²) < 4.78 is 31.4. The summed E-state index contributed by atoms with van der Waals surface area (Å²) in [4.78, 5) is 0.0405. The largest absolute Gasteiger partial charge is 0.294 e. The van der Waals surface area contributed by atoms with Gasteiger partial charge in [-0.1, -0.05) is 31.5 Å². The molecule has 1 rings (SSSR count). The van der Waals surface area contributed by atoms with Gasteiger partial charge in [0.05, 0.1) is 4.90 Å². The van der Waals surface area contributed by atoms with Crippen LogP contribution in [0.4, 0.5) is 0 Å². The van der Waals surface area contributed by atoms with E-state index in [1.807, 2.05) is 13.0 Å². The van der Waals surface area contributed by atoms with Crippen molar-refractivity contribution >= 4 is 10.1 Å². The Morgan fingerprint density at radius 1 is 1.31 bits per heavy atom. The molecule has 1 aromatic carbocycles. The maximum Gasteiger partial charge on any atom is 0.294 e. The lowest BCUT2D eigenvalue weighted by Gasteiger charge is -2.09. The van der Waals surface area contributed by atoms with Crippen LogP contribution in [-0.2, 0) is 16.5 Å². The average Bonchev–Trinajstić information content (AvgIpc) is 2.12. The SMILES string of the molecule is Cc1ccc(S(=O)(=O)O)c(CCC(C)C)c1. The van der Waals surface area contributed by atoms with Crippen molar-refractivity contribution in [3.8, 4) is 0 Å². The molecule has 16 heavy (non-hydrogen) atoms. The summed E-state index contributed by atoms with van der Waals surface area (Å²) in [6.45, 7) is 6.08. The summed E-state index contributed by atoms with van der Waals surface area (Å²) in [7, 11) is -4.10. The predicted octanol–water partition coefficient (Wildman–Crippen LogP) is 2.83. The van der Waals surface area contributed by atoms with Crippen molar-refractivity contribution in [2.75, 3.05) is 0 Å². The molecular formula is C12H18O3S. The van der Waals surface area contributed by atoms with Gasteiger partial charge >= 0.3 is 0 Å². The first-order chi connectivity index (χ1) is 7.30. The van der Waals surface area contributed by atoms with Crippen molar-refractivity contribution < 1.29 is 13.0 Å². The van der Waals surface area contributed by atoms with Crippen LogP contribution < -0.4 is 0 Å². The topological polar surface area (TPSA) is 54.4 Å².